The molecule has 0 spiro atoms. The van der Waals surface area contributed by atoms with Gasteiger partial charge < -0.3 is 10.1 Å². The molecule has 3 aromatic rings. The second-order valence-corrected chi connectivity index (χ2v) is 8.64. The molecule has 0 saturated heterocycles. The van der Waals surface area contributed by atoms with Crippen LogP contribution in [0.25, 0.3) is 11.1 Å². The first kappa shape index (κ1) is 20.4. The first-order chi connectivity index (χ1) is 14.6. The number of carbonyl (C=O) groups is 2. The van der Waals surface area contributed by atoms with Crippen LogP contribution >= 0.6 is 11.3 Å². The molecule has 1 unspecified atom stereocenters. The molecule has 4 nitrogen and oxygen atoms in total. The number of fused-ring (bicyclic) bond motifs is 1. The molecule has 5 heteroatoms. The fourth-order valence-corrected chi connectivity index (χ4v) is 4.59. The molecule has 1 aromatic heterocycles. The van der Waals surface area contributed by atoms with Crippen molar-refractivity contribution in [3.8, 4) is 16.9 Å². The topological polar surface area (TPSA) is 55.4 Å². The standard InChI is InChI=1S/C25H25NO3S/c1-17(27)22-8-2-3-9-23(22)18-11-12-24-19(14-18)15-20(29-24)16-26-25(28)10-4-6-21-7-5-13-30-21/h2-3,5,7-9,11-14,20H,4,6,10,15-16H2,1H3,(H,26,28). The molecule has 154 valence electrons. The lowest BCUT2D eigenvalue weighted by atomic mass is 9.95. The van der Waals surface area contributed by atoms with Crippen molar-refractivity contribution >= 4 is 23.0 Å². The number of hydrogen-bond acceptors (Lipinski definition) is 4. The summed E-state index contributed by atoms with van der Waals surface area (Å²) in [6.45, 7) is 2.10. The van der Waals surface area contributed by atoms with Crippen molar-refractivity contribution in [3.63, 3.8) is 0 Å². The van der Waals surface area contributed by atoms with Crippen LogP contribution in [0.15, 0.2) is 60.0 Å². The third-order valence-electron chi connectivity index (χ3n) is 5.35. The molecule has 2 aromatic carbocycles. The van der Waals surface area contributed by atoms with E-state index in [0.717, 1.165) is 47.3 Å². The minimum atomic E-state index is -0.0560. The van der Waals surface area contributed by atoms with Crippen molar-refractivity contribution in [3.05, 3.63) is 76.0 Å². The monoisotopic (exact) mass is 419 g/mol. The molecule has 30 heavy (non-hydrogen) atoms. The number of aryl methyl sites for hydroxylation is 1. The van der Waals surface area contributed by atoms with E-state index in [2.05, 4.69) is 22.8 Å². The van der Waals surface area contributed by atoms with E-state index in [-0.39, 0.29) is 17.8 Å². The van der Waals surface area contributed by atoms with Gasteiger partial charge in [0.05, 0.1) is 6.54 Å². The highest BCUT2D eigenvalue weighted by Gasteiger charge is 2.24. The van der Waals surface area contributed by atoms with Gasteiger partial charge in [-0.25, -0.2) is 0 Å². The smallest absolute Gasteiger partial charge is 0.220 e. The first-order valence-electron chi connectivity index (χ1n) is 10.3. The van der Waals surface area contributed by atoms with Crippen LogP contribution in [0.3, 0.4) is 0 Å². The maximum Gasteiger partial charge on any atom is 0.220 e. The maximum atomic E-state index is 12.1. The van der Waals surface area contributed by atoms with Gasteiger partial charge in [0.25, 0.3) is 0 Å². The molecule has 0 fully saturated rings. The zero-order valence-corrected chi connectivity index (χ0v) is 17.8. The van der Waals surface area contributed by atoms with E-state index in [4.69, 9.17) is 4.74 Å². The van der Waals surface area contributed by atoms with E-state index < -0.39 is 0 Å². The Morgan fingerprint density at radius 3 is 2.80 bits per heavy atom. The number of Topliss-reactive ketones (excluding diaryl/α,β-unsaturated/α-hetero) is 1. The first-order valence-corrected chi connectivity index (χ1v) is 11.2. The van der Waals surface area contributed by atoms with E-state index in [1.54, 1.807) is 18.3 Å². The molecule has 1 aliphatic heterocycles. The van der Waals surface area contributed by atoms with E-state index in [1.807, 2.05) is 42.5 Å². The van der Waals surface area contributed by atoms with Gasteiger partial charge in [0, 0.05) is 23.3 Å². The number of thiophene rings is 1. The van der Waals surface area contributed by atoms with Gasteiger partial charge in [0.2, 0.25) is 5.91 Å². The quantitative estimate of drug-likeness (QED) is 0.519. The molecule has 0 bridgehead atoms. The summed E-state index contributed by atoms with van der Waals surface area (Å²) in [6, 6.07) is 17.9. The number of amides is 1. The van der Waals surface area contributed by atoms with Crippen LogP contribution in [0, 0.1) is 0 Å². The Morgan fingerprint density at radius 2 is 2.00 bits per heavy atom. The number of carbonyl (C=O) groups excluding carboxylic acids is 2. The van der Waals surface area contributed by atoms with Crippen LogP contribution in [-0.2, 0) is 17.6 Å². The molecule has 4 rings (SSSR count). The van der Waals surface area contributed by atoms with E-state index in [1.165, 1.54) is 4.88 Å². The number of hydrogen-bond donors (Lipinski definition) is 1. The lowest BCUT2D eigenvalue weighted by molar-refractivity contribution is -0.121. The fraction of sp³-hybridized carbons (Fsp3) is 0.280. The SMILES string of the molecule is CC(=O)c1ccccc1-c1ccc2c(c1)CC(CNC(=O)CCCc1cccs1)O2. The summed E-state index contributed by atoms with van der Waals surface area (Å²) in [5.74, 6) is 0.986. The summed E-state index contributed by atoms with van der Waals surface area (Å²) in [5.41, 5.74) is 3.79. The van der Waals surface area contributed by atoms with Crippen molar-refractivity contribution in [2.24, 2.45) is 0 Å². The average molecular weight is 420 g/mol. The number of nitrogens with one attached hydrogen (secondary N) is 1. The zero-order chi connectivity index (χ0) is 20.9. The number of benzene rings is 2. The Balaban J connectivity index is 1.32. The van der Waals surface area contributed by atoms with Crippen LogP contribution < -0.4 is 10.1 Å². The lowest BCUT2D eigenvalue weighted by Gasteiger charge is -2.12. The minimum absolute atomic E-state index is 0.0560. The molecular weight excluding hydrogens is 394 g/mol. The summed E-state index contributed by atoms with van der Waals surface area (Å²) in [4.78, 5) is 25.4. The van der Waals surface area contributed by atoms with Gasteiger partial charge in [-0.15, -0.1) is 11.3 Å². The van der Waals surface area contributed by atoms with Crippen molar-refractivity contribution < 1.29 is 14.3 Å². The third kappa shape index (κ3) is 4.79. The molecule has 1 aliphatic rings. The van der Waals surface area contributed by atoms with Crippen LogP contribution in [0.5, 0.6) is 5.75 Å². The Labute approximate surface area is 180 Å². The maximum absolute atomic E-state index is 12.1. The highest BCUT2D eigenvalue weighted by atomic mass is 32.1. The molecule has 1 amide bonds. The van der Waals surface area contributed by atoms with Crippen LogP contribution in [0.1, 0.15) is 40.6 Å². The molecule has 1 N–H and O–H groups in total. The van der Waals surface area contributed by atoms with Crippen molar-refractivity contribution in [1.29, 1.82) is 0 Å². The third-order valence-corrected chi connectivity index (χ3v) is 6.29. The van der Waals surface area contributed by atoms with Gasteiger partial charge in [-0.05, 0) is 60.0 Å². The Hall–Kier alpha value is -2.92. The van der Waals surface area contributed by atoms with Gasteiger partial charge in [0.15, 0.2) is 5.78 Å². The molecule has 0 aliphatic carbocycles. The van der Waals surface area contributed by atoms with Gasteiger partial charge in [-0.1, -0.05) is 36.4 Å². The summed E-state index contributed by atoms with van der Waals surface area (Å²) in [7, 11) is 0. The summed E-state index contributed by atoms with van der Waals surface area (Å²) in [5, 5.41) is 5.07. The van der Waals surface area contributed by atoms with Crippen molar-refractivity contribution in [1.82, 2.24) is 5.32 Å². The lowest BCUT2D eigenvalue weighted by Crippen LogP contribution is -2.34. The highest BCUT2D eigenvalue weighted by Crippen LogP contribution is 2.34. The summed E-state index contributed by atoms with van der Waals surface area (Å²) < 4.78 is 6.01. The zero-order valence-electron chi connectivity index (χ0n) is 17.0. The van der Waals surface area contributed by atoms with Gasteiger partial charge in [-0.3, -0.25) is 9.59 Å². The molecule has 0 saturated carbocycles. The van der Waals surface area contributed by atoms with E-state index in [0.29, 0.717) is 13.0 Å². The molecule has 1 atom stereocenters. The number of rotatable bonds is 8. The Kier molecular flexibility index (Phi) is 6.29. The molecule has 2 heterocycles. The average Bonchev–Trinajstić information content (AvgIpc) is 3.41. The fourth-order valence-electron chi connectivity index (χ4n) is 3.84. The van der Waals surface area contributed by atoms with Gasteiger partial charge in [-0.2, -0.15) is 0 Å². The van der Waals surface area contributed by atoms with Gasteiger partial charge >= 0.3 is 0 Å². The second-order valence-electron chi connectivity index (χ2n) is 7.61. The van der Waals surface area contributed by atoms with E-state index in [9.17, 15) is 9.59 Å². The molecule has 0 radical (unpaired) electrons. The van der Waals surface area contributed by atoms with Crippen LogP contribution in [0.2, 0.25) is 0 Å². The van der Waals surface area contributed by atoms with Crippen molar-refractivity contribution in [2.45, 2.75) is 38.7 Å². The van der Waals surface area contributed by atoms with Gasteiger partial charge in [0.1, 0.15) is 11.9 Å². The normalized spacial score (nSPS) is 14.8. The van der Waals surface area contributed by atoms with Crippen LogP contribution in [0.4, 0.5) is 0 Å². The highest BCUT2D eigenvalue weighted by molar-refractivity contribution is 7.09. The summed E-state index contributed by atoms with van der Waals surface area (Å²) >= 11 is 1.73. The second kappa shape index (κ2) is 9.26. The predicted octanol–water partition coefficient (Wildman–Crippen LogP) is 5.06. The number of ketones is 1. The van der Waals surface area contributed by atoms with Crippen molar-refractivity contribution in [2.75, 3.05) is 6.54 Å². The minimum Gasteiger partial charge on any atom is -0.488 e. The predicted molar refractivity (Wildman–Crippen MR) is 120 cm³/mol. The summed E-state index contributed by atoms with van der Waals surface area (Å²) in [6.07, 6.45) is 3.03. The Bertz CT molecular complexity index is 1040. The Morgan fingerprint density at radius 1 is 1.13 bits per heavy atom. The van der Waals surface area contributed by atoms with Crippen LogP contribution in [-0.4, -0.2) is 24.3 Å². The number of ether oxygens (including phenoxy) is 1. The van der Waals surface area contributed by atoms with E-state index >= 15 is 0 Å². The largest absolute Gasteiger partial charge is 0.488 e. The molecular formula is C25H25NO3S.